The SMILES string of the molecule is C=C(C)O[Si](C)(CCCCCCCC)OC(=C)C. The van der Waals surface area contributed by atoms with E-state index in [2.05, 4.69) is 26.6 Å². The van der Waals surface area contributed by atoms with E-state index in [9.17, 15) is 0 Å². The molecule has 0 spiro atoms. The number of rotatable bonds is 11. The molecule has 0 fully saturated rings. The van der Waals surface area contributed by atoms with Gasteiger partial charge in [0.15, 0.2) is 0 Å². The second-order valence-corrected chi connectivity index (χ2v) is 8.44. The smallest absolute Gasteiger partial charge is 0.456 e. The van der Waals surface area contributed by atoms with Gasteiger partial charge < -0.3 is 8.85 Å². The highest BCUT2D eigenvalue weighted by Gasteiger charge is 2.34. The molecule has 0 unspecified atom stereocenters. The van der Waals surface area contributed by atoms with Gasteiger partial charge in [-0.1, -0.05) is 52.2 Å². The normalized spacial score (nSPS) is 11.1. The fourth-order valence-electron chi connectivity index (χ4n) is 2.09. The van der Waals surface area contributed by atoms with Crippen LogP contribution in [0.5, 0.6) is 0 Å². The van der Waals surface area contributed by atoms with Gasteiger partial charge in [-0.2, -0.15) is 0 Å². The average Bonchev–Trinajstić information content (AvgIpc) is 2.20. The molecule has 0 rings (SSSR count). The van der Waals surface area contributed by atoms with Gasteiger partial charge in [-0.3, -0.25) is 0 Å². The largest absolute Gasteiger partial charge is 0.517 e. The molecule has 0 aromatic heterocycles. The standard InChI is InChI=1S/C15H30O2Si/c1-7-8-9-10-11-12-13-18(6,16-14(2)3)17-15(4)5/h2,4,7-13H2,1,3,5-6H3. The summed E-state index contributed by atoms with van der Waals surface area (Å²) in [6.07, 6.45) is 7.74. The minimum Gasteiger partial charge on any atom is -0.517 e. The van der Waals surface area contributed by atoms with Gasteiger partial charge >= 0.3 is 8.56 Å². The van der Waals surface area contributed by atoms with Crippen molar-refractivity contribution in [2.45, 2.75) is 71.9 Å². The summed E-state index contributed by atoms with van der Waals surface area (Å²) in [6.45, 7) is 15.7. The molecule has 0 N–H and O–H groups in total. The molecule has 0 aromatic carbocycles. The van der Waals surface area contributed by atoms with E-state index in [1.165, 1.54) is 38.5 Å². The van der Waals surface area contributed by atoms with Crippen molar-refractivity contribution >= 4 is 8.56 Å². The molecular formula is C15H30O2Si. The van der Waals surface area contributed by atoms with E-state index in [4.69, 9.17) is 8.85 Å². The molecular weight excluding hydrogens is 240 g/mol. The highest BCUT2D eigenvalue weighted by Crippen LogP contribution is 2.23. The molecule has 0 atom stereocenters. The molecule has 0 heterocycles. The molecule has 106 valence electrons. The summed E-state index contributed by atoms with van der Waals surface area (Å²) in [5, 5.41) is 0. The number of unbranched alkanes of at least 4 members (excludes halogenated alkanes) is 5. The van der Waals surface area contributed by atoms with E-state index in [0.717, 1.165) is 17.6 Å². The fraction of sp³-hybridized carbons (Fsp3) is 0.733. The summed E-state index contributed by atoms with van der Waals surface area (Å²) in [6, 6.07) is 1.01. The first kappa shape index (κ1) is 17.3. The fourth-order valence-corrected chi connectivity index (χ4v) is 4.70. The van der Waals surface area contributed by atoms with E-state index in [1.807, 2.05) is 13.8 Å². The second kappa shape index (κ2) is 9.26. The molecule has 0 radical (unpaired) electrons. The van der Waals surface area contributed by atoms with Crippen LogP contribution in [0.2, 0.25) is 12.6 Å². The third-order valence-electron chi connectivity index (χ3n) is 2.76. The third-order valence-corrected chi connectivity index (χ3v) is 5.59. The van der Waals surface area contributed by atoms with Gasteiger partial charge in [0.2, 0.25) is 0 Å². The molecule has 3 heteroatoms. The summed E-state index contributed by atoms with van der Waals surface area (Å²) in [5.41, 5.74) is 0. The van der Waals surface area contributed by atoms with E-state index in [-0.39, 0.29) is 0 Å². The predicted octanol–water partition coefficient (Wildman–Crippen LogP) is 5.52. The lowest BCUT2D eigenvalue weighted by atomic mass is 10.1. The molecule has 0 aromatic rings. The third kappa shape index (κ3) is 9.34. The maximum atomic E-state index is 5.84. The Hall–Kier alpha value is -0.703. The van der Waals surface area contributed by atoms with Crippen LogP contribution in [0, 0.1) is 0 Å². The Morgan fingerprint density at radius 1 is 0.889 bits per heavy atom. The van der Waals surface area contributed by atoms with E-state index in [0.29, 0.717) is 0 Å². The second-order valence-electron chi connectivity index (χ2n) is 5.26. The lowest BCUT2D eigenvalue weighted by Gasteiger charge is -2.28. The van der Waals surface area contributed by atoms with Crippen LogP contribution in [-0.2, 0) is 8.85 Å². The van der Waals surface area contributed by atoms with Crippen LogP contribution >= 0.6 is 0 Å². The van der Waals surface area contributed by atoms with Crippen LogP contribution in [0.25, 0.3) is 0 Å². The van der Waals surface area contributed by atoms with Crippen LogP contribution in [0.4, 0.5) is 0 Å². The average molecular weight is 270 g/mol. The molecule has 0 aliphatic rings. The number of allylic oxidation sites excluding steroid dienone is 2. The number of hydrogen-bond acceptors (Lipinski definition) is 2. The molecule has 0 aliphatic carbocycles. The van der Waals surface area contributed by atoms with Gasteiger partial charge in [0.1, 0.15) is 0 Å². The Morgan fingerprint density at radius 3 is 1.78 bits per heavy atom. The molecule has 18 heavy (non-hydrogen) atoms. The zero-order chi connectivity index (χ0) is 14.0. The summed E-state index contributed by atoms with van der Waals surface area (Å²) in [4.78, 5) is 0. The molecule has 0 saturated heterocycles. The van der Waals surface area contributed by atoms with Gasteiger partial charge in [-0.25, -0.2) is 0 Å². The first-order valence-corrected chi connectivity index (χ1v) is 9.61. The lowest BCUT2D eigenvalue weighted by Crippen LogP contribution is -2.37. The van der Waals surface area contributed by atoms with Gasteiger partial charge in [-0.05, 0) is 20.3 Å². The Labute approximate surface area is 114 Å². The van der Waals surface area contributed by atoms with Crippen molar-refractivity contribution in [1.82, 2.24) is 0 Å². The van der Waals surface area contributed by atoms with Crippen molar-refractivity contribution in [2.24, 2.45) is 0 Å². The molecule has 0 amide bonds. The van der Waals surface area contributed by atoms with Crippen LogP contribution in [0.15, 0.2) is 24.7 Å². The predicted molar refractivity (Wildman–Crippen MR) is 81.6 cm³/mol. The van der Waals surface area contributed by atoms with Gasteiger partial charge in [0.05, 0.1) is 11.5 Å². The Bertz CT molecular complexity index is 245. The first-order valence-electron chi connectivity index (χ1n) is 7.08. The maximum absolute atomic E-state index is 5.84. The number of hydrogen-bond donors (Lipinski definition) is 0. The molecule has 2 nitrogen and oxygen atoms in total. The van der Waals surface area contributed by atoms with E-state index < -0.39 is 8.56 Å². The van der Waals surface area contributed by atoms with Gasteiger partial charge in [0, 0.05) is 12.6 Å². The molecule has 0 saturated carbocycles. The van der Waals surface area contributed by atoms with Crippen molar-refractivity contribution in [3.63, 3.8) is 0 Å². The summed E-state index contributed by atoms with van der Waals surface area (Å²) in [7, 11) is -2.14. The van der Waals surface area contributed by atoms with Crippen LogP contribution in [0.3, 0.4) is 0 Å². The molecule has 0 bridgehead atoms. The summed E-state index contributed by atoms with van der Waals surface area (Å²) < 4.78 is 11.7. The minimum atomic E-state index is -2.14. The highest BCUT2D eigenvalue weighted by atomic mass is 28.4. The van der Waals surface area contributed by atoms with Crippen molar-refractivity contribution in [1.29, 1.82) is 0 Å². The van der Waals surface area contributed by atoms with E-state index >= 15 is 0 Å². The maximum Gasteiger partial charge on any atom is 0.456 e. The van der Waals surface area contributed by atoms with Crippen molar-refractivity contribution in [2.75, 3.05) is 0 Å². The first-order chi connectivity index (χ1) is 8.39. The highest BCUT2D eigenvalue weighted by molar-refractivity contribution is 6.66. The van der Waals surface area contributed by atoms with Gasteiger partial charge in [0.25, 0.3) is 0 Å². The quantitative estimate of drug-likeness (QED) is 0.279. The Balaban J connectivity index is 4.01. The summed E-state index contributed by atoms with van der Waals surface area (Å²) >= 11 is 0. The lowest BCUT2D eigenvalue weighted by molar-refractivity contribution is 0.267. The monoisotopic (exact) mass is 270 g/mol. The summed E-state index contributed by atoms with van der Waals surface area (Å²) in [5.74, 6) is 1.49. The van der Waals surface area contributed by atoms with E-state index in [1.54, 1.807) is 0 Å². The van der Waals surface area contributed by atoms with Crippen molar-refractivity contribution in [3.8, 4) is 0 Å². The van der Waals surface area contributed by atoms with Crippen LogP contribution < -0.4 is 0 Å². The zero-order valence-electron chi connectivity index (χ0n) is 12.7. The van der Waals surface area contributed by atoms with Crippen LogP contribution in [-0.4, -0.2) is 8.56 Å². The van der Waals surface area contributed by atoms with Crippen molar-refractivity contribution in [3.05, 3.63) is 24.7 Å². The van der Waals surface area contributed by atoms with Crippen molar-refractivity contribution < 1.29 is 8.85 Å². The van der Waals surface area contributed by atoms with Gasteiger partial charge in [-0.15, -0.1) is 0 Å². The zero-order valence-corrected chi connectivity index (χ0v) is 13.7. The minimum absolute atomic E-state index is 0.747. The topological polar surface area (TPSA) is 18.5 Å². The Morgan fingerprint density at radius 2 is 1.33 bits per heavy atom. The van der Waals surface area contributed by atoms with Crippen LogP contribution in [0.1, 0.15) is 59.3 Å². The molecule has 0 aliphatic heterocycles. The Kier molecular flexibility index (Phi) is 8.90.